The molecule has 25 heavy (non-hydrogen) atoms. The van der Waals surface area contributed by atoms with E-state index in [1.165, 1.54) is 37.8 Å². The summed E-state index contributed by atoms with van der Waals surface area (Å²) in [6.07, 6.45) is 6.23. The maximum absolute atomic E-state index is 5.37. The molecule has 5 rings (SSSR count). The van der Waals surface area contributed by atoms with Gasteiger partial charge in [-0.15, -0.1) is 0 Å². The molecule has 3 heterocycles. The second-order valence-electron chi connectivity index (χ2n) is 6.91. The topological polar surface area (TPSA) is 68.2 Å². The van der Waals surface area contributed by atoms with E-state index in [1.54, 1.807) is 0 Å². The summed E-state index contributed by atoms with van der Waals surface area (Å²) in [6, 6.07) is 10.3. The lowest BCUT2D eigenvalue weighted by Gasteiger charge is -2.28. The molecule has 1 aliphatic heterocycles. The van der Waals surface area contributed by atoms with E-state index in [0.29, 0.717) is 23.3 Å². The molecule has 128 valence electrons. The van der Waals surface area contributed by atoms with Crippen LogP contribution in [0.3, 0.4) is 0 Å². The van der Waals surface area contributed by atoms with Gasteiger partial charge in [0.15, 0.2) is 5.69 Å². The number of benzene rings is 1. The number of nitrogens with zero attached hydrogens (tertiary/aromatic N) is 4. The van der Waals surface area contributed by atoms with E-state index in [2.05, 4.69) is 44.5 Å². The van der Waals surface area contributed by atoms with Crippen LogP contribution in [-0.2, 0) is 0 Å². The van der Waals surface area contributed by atoms with Crippen molar-refractivity contribution < 1.29 is 9.05 Å². The predicted octanol–water partition coefficient (Wildman–Crippen LogP) is 4.26. The van der Waals surface area contributed by atoms with E-state index < -0.39 is 0 Å². The van der Waals surface area contributed by atoms with Crippen molar-refractivity contribution in [2.45, 2.75) is 38.0 Å². The maximum atomic E-state index is 5.37. The lowest BCUT2D eigenvalue weighted by atomic mass is 10.1. The van der Waals surface area contributed by atoms with Gasteiger partial charge in [-0.2, -0.15) is 4.98 Å². The van der Waals surface area contributed by atoms with Crippen molar-refractivity contribution in [2.24, 2.45) is 0 Å². The molecule has 3 aromatic rings. The first kappa shape index (κ1) is 14.7. The van der Waals surface area contributed by atoms with Gasteiger partial charge in [0.2, 0.25) is 5.82 Å². The molecular formula is C19H20N4O2. The molecule has 6 nitrogen and oxygen atoms in total. The zero-order valence-electron chi connectivity index (χ0n) is 14.0. The molecule has 6 heteroatoms. The van der Waals surface area contributed by atoms with Gasteiger partial charge in [0, 0.05) is 36.3 Å². The smallest absolute Gasteiger partial charge is 0.280 e. The fourth-order valence-electron chi connectivity index (χ4n) is 3.37. The third kappa shape index (κ3) is 2.92. The van der Waals surface area contributed by atoms with E-state index in [0.717, 1.165) is 24.4 Å². The average Bonchev–Trinajstić information content (AvgIpc) is 3.21. The number of hydrogen-bond acceptors (Lipinski definition) is 6. The average molecular weight is 336 g/mol. The van der Waals surface area contributed by atoms with Crippen molar-refractivity contribution in [3.8, 4) is 23.0 Å². The molecular weight excluding hydrogens is 316 g/mol. The summed E-state index contributed by atoms with van der Waals surface area (Å²) in [7, 11) is 0. The van der Waals surface area contributed by atoms with Gasteiger partial charge in [-0.05, 0) is 56.4 Å². The largest absolute Gasteiger partial charge is 0.372 e. The molecule has 0 bridgehead atoms. The van der Waals surface area contributed by atoms with Crippen LogP contribution in [0.2, 0.25) is 0 Å². The van der Waals surface area contributed by atoms with Crippen LogP contribution >= 0.6 is 0 Å². The monoisotopic (exact) mass is 336 g/mol. The Morgan fingerprint density at radius 1 is 0.920 bits per heavy atom. The van der Waals surface area contributed by atoms with Gasteiger partial charge in [0.25, 0.3) is 5.89 Å². The Balaban J connectivity index is 1.35. The number of piperidine rings is 1. The lowest BCUT2D eigenvalue weighted by molar-refractivity contribution is 0.379. The quantitative estimate of drug-likeness (QED) is 0.709. The van der Waals surface area contributed by atoms with Crippen LogP contribution < -0.4 is 4.90 Å². The summed E-state index contributed by atoms with van der Waals surface area (Å²) in [4.78, 5) is 6.91. The van der Waals surface area contributed by atoms with E-state index >= 15 is 0 Å². The fraction of sp³-hybridized carbons (Fsp3) is 0.421. The molecule has 1 saturated carbocycles. The van der Waals surface area contributed by atoms with Crippen molar-refractivity contribution in [1.82, 2.24) is 15.3 Å². The molecule has 0 amide bonds. The van der Waals surface area contributed by atoms with E-state index in [1.807, 2.05) is 6.07 Å². The highest BCUT2D eigenvalue weighted by atomic mass is 16.5. The summed E-state index contributed by atoms with van der Waals surface area (Å²) < 4.78 is 10.7. The third-order valence-electron chi connectivity index (χ3n) is 5.00. The minimum atomic E-state index is 0.408. The molecule has 0 unspecified atom stereocenters. The van der Waals surface area contributed by atoms with Gasteiger partial charge in [0.1, 0.15) is 5.76 Å². The predicted molar refractivity (Wildman–Crippen MR) is 93.3 cm³/mol. The Labute approximate surface area is 145 Å². The Bertz CT molecular complexity index is 858. The van der Waals surface area contributed by atoms with E-state index in [4.69, 9.17) is 9.05 Å². The van der Waals surface area contributed by atoms with Crippen LogP contribution in [0.4, 0.5) is 5.69 Å². The zero-order chi connectivity index (χ0) is 16.6. The third-order valence-corrected chi connectivity index (χ3v) is 5.00. The molecule has 1 aromatic carbocycles. The Hall–Kier alpha value is -2.63. The highest BCUT2D eigenvalue weighted by Crippen LogP contribution is 2.41. The first-order valence-electron chi connectivity index (χ1n) is 9.03. The molecule has 1 aliphatic carbocycles. The van der Waals surface area contributed by atoms with Crippen molar-refractivity contribution in [3.05, 3.63) is 36.1 Å². The maximum Gasteiger partial charge on any atom is 0.280 e. The number of hydrogen-bond donors (Lipinski definition) is 0. The van der Waals surface area contributed by atoms with Crippen LogP contribution in [0, 0.1) is 0 Å². The number of aromatic nitrogens is 3. The standard InChI is InChI=1S/C19H20N4O2/c1-2-10-23(11-3-1)15-8-6-14(7-9-15)18-20-19(25-22-18)16-12-17(24-21-16)13-4-5-13/h6-9,12-13H,1-5,10-11H2. The van der Waals surface area contributed by atoms with Crippen LogP contribution in [0.1, 0.15) is 43.8 Å². The number of anilines is 1. The van der Waals surface area contributed by atoms with Gasteiger partial charge in [-0.1, -0.05) is 10.3 Å². The zero-order valence-corrected chi connectivity index (χ0v) is 14.0. The minimum absolute atomic E-state index is 0.408. The molecule has 1 saturated heterocycles. The van der Waals surface area contributed by atoms with E-state index in [-0.39, 0.29) is 0 Å². The summed E-state index contributed by atoms with van der Waals surface area (Å²) in [6.45, 7) is 2.28. The molecule has 0 spiro atoms. The van der Waals surface area contributed by atoms with Crippen molar-refractivity contribution in [3.63, 3.8) is 0 Å². The summed E-state index contributed by atoms with van der Waals surface area (Å²) in [5.74, 6) is 2.42. The highest BCUT2D eigenvalue weighted by molar-refractivity contribution is 5.62. The number of rotatable bonds is 4. The minimum Gasteiger partial charge on any atom is -0.372 e. The first-order chi connectivity index (χ1) is 12.4. The molecule has 2 fully saturated rings. The van der Waals surface area contributed by atoms with Crippen molar-refractivity contribution in [2.75, 3.05) is 18.0 Å². The van der Waals surface area contributed by atoms with Gasteiger partial charge < -0.3 is 13.9 Å². The summed E-state index contributed by atoms with van der Waals surface area (Å²) >= 11 is 0. The highest BCUT2D eigenvalue weighted by Gasteiger charge is 2.29. The Morgan fingerprint density at radius 3 is 2.48 bits per heavy atom. The second-order valence-corrected chi connectivity index (χ2v) is 6.91. The van der Waals surface area contributed by atoms with Gasteiger partial charge in [0.05, 0.1) is 0 Å². The molecule has 0 radical (unpaired) electrons. The van der Waals surface area contributed by atoms with Crippen LogP contribution in [0.15, 0.2) is 39.4 Å². The second kappa shape index (κ2) is 6.02. The van der Waals surface area contributed by atoms with E-state index in [9.17, 15) is 0 Å². The normalized spacial score (nSPS) is 17.8. The van der Waals surface area contributed by atoms with Gasteiger partial charge >= 0.3 is 0 Å². The Morgan fingerprint density at radius 2 is 1.72 bits per heavy atom. The van der Waals surface area contributed by atoms with Crippen LogP contribution in [0.5, 0.6) is 0 Å². The molecule has 0 atom stereocenters. The van der Waals surface area contributed by atoms with Crippen LogP contribution in [0.25, 0.3) is 23.0 Å². The van der Waals surface area contributed by atoms with Gasteiger partial charge in [-0.25, -0.2) is 0 Å². The van der Waals surface area contributed by atoms with Crippen LogP contribution in [-0.4, -0.2) is 28.4 Å². The molecule has 0 N–H and O–H groups in total. The summed E-state index contributed by atoms with van der Waals surface area (Å²) in [5.41, 5.74) is 2.82. The van der Waals surface area contributed by atoms with Crippen molar-refractivity contribution >= 4 is 5.69 Å². The first-order valence-corrected chi connectivity index (χ1v) is 9.03. The fourth-order valence-corrected chi connectivity index (χ4v) is 3.37. The lowest BCUT2D eigenvalue weighted by Crippen LogP contribution is -2.29. The Kier molecular flexibility index (Phi) is 3.54. The summed E-state index contributed by atoms with van der Waals surface area (Å²) in [5, 5.41) is 8.15. The SMILES string of the molecule is c1cc(N2CCCCC2)ccc1-c1noc(-c2cc(C3CC3)on2)n1. The van der Waals surface area contributed by atoms with Crippen molar-refractivity contribution in [1.29, 1.82) is 0 Å². The molecule has 2 aromatic heterocycles. The molecule has 2 aliphatic rings. The van der Waals surface area contributed by atoms with Gasteiger partial charge in [-0.3, -0.25) is 0 Å².